The summed E-state index contributed by atoms with van der Waals surface area (Å²) in [5.41, 5.74) is 0.171. The highest BCUT2D eigenvalue weighted by Crippen LogP contribution is 2.24. The Morgan fingerprint density at radius 2 is 1.94 bits per heavy atom. The summed E-state index contributed by atoms with van der Waals surface area (Å²) >= 11 is 0. The first-order valence-electron chi connectivity index (χ1n) is 6.99. The Balaban J connectivity index is 2.68. The monoisotopic (exact) mass is 253 g/mol. The van der Waals surface area contributed by atoms with Crippen LogP contribution < -0.4 is 5.32 Å². The maximum Gasteiger partial charge on any atom is 0.203 e. The van der Waals surface area contributed by atoms with Crippen LogP contribution in [0, 0.1) is 0 Å². The average Bonchev–Trinajstić information content (AvgIpc) is 2.84. The Morgan fingerprint density at radius 1 is 1.28 bits per heavy atom. The highest BCUT2D eigenvalue weighted by molar-refractivity contribution is 5.30. The second-order valence-corrected chi connectivity index (χ2v) is 4.76. The minimum Gasteiger partial charge on any atom is -0.385 e. The van der Waals surface area contributed by atoms with Crippen molar-refractivity contribution in [1.29, 1.82) is 0 Å². The standard InChI is InChI=1S/C14H27N3O/c1-5-14(6-2,7-3)16-13-15-9-11-17(13)10-8-12-18-4/h9,11H,5-8,10,12H2,1-4H3,(H,15,16). The molecular formula is C14H27N3O. The van der Waals surface area contributed by atoms with Crippen LogP contribution in [-0.2, 0) is 11.3 Å². The van der Waals surface area contributed by atoms with Gasteiger partial charge in [0.15, 0.2) is 0 Å². The van der Waals surface area contributed by atoms with Crippen LogP contribution in [-0.4, -0.2) is 28.8 Å². The molecule has 1 heterocycles. The molecule has 18 heavy (non-hydrogen) atoms. The second kappa shape index (κ2) is 7.41. The number of nitrogens with zero attached hydrogens (tertiary/aromatic N) is 2. The number of hydrogen-bond donors (Lipinski definition) is 1. The molecule has 1 N–H and O–H groups in total. The molecule has 0 bridgehead atoms. The van der Waals surface area contributed by atoms with Gasteiger partial charge in [-0.15, -0.1) is 0 Å². The van der Waals surface area contributed by atoms with Crippen molar-refractivity contribution in [3.8, 4) is 0 Å². The summed E-state index contributed by atoms with van der Waals surface area (Å²) in [7, 11) is 1.74. The summed E-state index contributed by atoms with van der Waals surface area (Å²) in [5, 5.41) is 3.63. The van der Waals surface area contributed by atoms with Crippen molar-refractivity contribution in [2.75, 3.05) is 19.0 Å². The van der Waals surface area contributed by atoms with Crippen molar-refractivity contribution in [3.05, 3.63) is 12.4 Å². The Morgan fingerprint density at radius 3 is 2.50 bits per heavy atom. The van der Waals surface area contributed by atoms with Gasteiger partial charge in [-0.25, -0.2) is 4.98 Å². The van der Waals surface area contributed by atoms with E-state index in [0.29, 0.717) is 0 Å². The molecule has 0 atom stereocenters. The van der Waals surface area contributed by atoms with Crippen LogP contribution in [0.15, 0.2) is 12.4 Å². The summed E-state index contributed by atoms with van der Waals surface area (Å²) in [6, 6.07) is 0. The predicted octanol–water partition coefficient (Wildman–Crippen LogP) is 3.30. The van der Waals surface area contributed by atoms with Crippen molar-refractivity contribution in [1.82, 2.24) is 9.55 Å². The summed E-state index contributed by atoms with van der Waals surface area (Å²) in [5.74, 6) is 0.983. The normalized spacial score (nSPS) is 11.8. The lowest BCUT2D eigenvalue weighted by Gasteiger charge is -2.32. The Bertz CT molecular complexity index is 323. The van der Waals surface area contributed by atoms with Crippen molar-refractivity contribution in [3.63, 3.8) is 0 Å². The molecule has 0 unspecified atom stereocenters. The summed E-state index contributed by atoms with van der Waals surface area (Å²) in [6.45, 7) is 8.44. The largest absolute Gasteiger partial charge is 0.385 e. The fourth-order valence-electron chi connectivity index (χ4n) is 2.25. The van der Waals surface area contributed by atoms with E-state index >= 15 is 0 Å². The lowest BCUT2D eigenvalue weighted by Crippen LogP contribution is -2.37. The number of aryl methyl sites for hydroxylation is 1. The number of aromatic nitrogens is 2. The summed E-state index contributed by atoms with van der Waals surface area (Å²) in [4.78, 5) is 4.43. The predicted molar refractivity (Wildman–Crippen MR) is 75.9 cm³/mol. The third-order valence-electron chi connectivity index (χ3n) is 3.87. The van der Waals surface area contributed by atoms with Gasteiger partial charge in [0.2, 0.25) is 5.95 Å². The van der Waals surface area contributed by atoms with Crippen molar-refractivity contribution in [2.24, 2.45) is 0 Å². The van der Waals surface area contributed by atoms with E-state index in [1.807, 2.05) is 12.4 Å². The molecule has 4 nitrogen and oxygen atoms in total. The molecule has 0 aliphatic rings. The van der Waals surface area contributed by atoms with Gasteiger partial charge >= 0.3 is 0 Å². The van der Waals surface area contributed by atoms with E-state index in [9.17, 15) is 0 Å². The zero-order chi connectivity index (χ0) is 13.4. The van der Waals surface area contributed by atoms with E-state index < -0.39 is 0 Å². The second-order valence-electron chi connectivity index (χ2n) is 4.76. The van der Waals surface area contributed by atoms with Crippen LogP contribution in [0.5, 0.6) is 0 Å². The molecular weight excluding hydrogens is 226 g/mol. The maximum absolute atomic E-state index is 5.09. The SMILES string of the molecule is CCC(CC)(CC)Nc1nccn1CCCOC. The first-order chi connectivity index (χ1) is 8.71. The maximum atomic E-state index is 5.09. The number of rotatable bonds is 9. The number of ether oxygens (including phenoxy) is 1. The lowest BCUT2D eigenvalue weighted by atomic mass is 9.90. The molecule has 1 aromatic heterocycles. The molecule has 0 saturated carbocycles. The van der Waals surface area contributed by atoms with Gasteiger partial charge in [0, 0.05) is 38.2 Å². The fraction of sp³-hybridized carbons (Fsp3) is 0.786. The van der Waals surface area contributed by atoms with Gasteiger partial charge in [-0.3, -0.25) is 0 Å². The molecule has 104 valence electrons. The summed E-state index contributed by atoms with van der Waals surface area (Å²) in [6.07, 6.45) is 8.25. The Labute approximate surface area is 111 Å². The number of methoxy groups -OCH3 is 1. The van der Waals surface area contributed by atoms with Crippen LogP contribution in [0.25, 0.3) is 0 Å². The zero-order valence-electron chi connectivity index (χ0n) is 12.2. The molecule has 0 saturated heterocycles. The third-order valence-corrected chi connectivity index (χ3v) is 3.87. The quantitative estimate of drug-likeness (QED) is 0.686. The molecule has 0 spiro atoms. The zero-order valence-corrected chi connectivity index (χ0v) is 12.2. The number of hydrogen-bond acceptors (Lipinski definition) is 3. The molecule has 1 rings (SSSR count). The molecule has 0 aromatic carbocycles. The topological polar surface area (TPSA) is 39.1 Å². The molecule has 0 aliphatic heterocycles. The summed E-state index contributed by atoms with van der Waals surface area (Å²) < 4.78 is 7.27. The fourth-order valence-corrected chi connectivity index (χ4v) is 2.25. The van der Waals surface area contributed by atoms with Crippen LogP contribution in [0.2, 0.25) is 0 Å². The Hall–Kier alpha value is -1.03. The minimum atomic E-state index is 0.171. The molecule has 0 radical (unpaired) electrons. The van der Waals surface area contributed by atoms with Gasteiger partial charge in [-0.05, 0) is 25.7 Å². The molecule has 0 fully saturated rings. The van der Waals surface area contributed by atoms with Crippen LogP contribution in [0.4, 0.5) is 5.95 Å². The Kier molecular flexibility index (Phi) is 6.19. The van der Waals surface area contributed by atoms with Gasteiger partial charge in [-0.1, -0.05) is 20.8 Å². The highest BCUT2D eigenvalue weighted by atomic mass is 16.5. The van der Waals surface area contributed by atoms with Crippen molar-refractivity contribution >= 4 is 5.95 Å². The molecule has 0 amide bonds. The van der Waals surface area contributed by atoms with Gasteiger partial charge in [0.1, 0.15) is 0 Å². The smallest absolute Gasteiger partial charge is 0.203 e. The van der Waals surface area contributed by atoms with E-state index in [0.717, 1.165) is 44.8 Å². The van der Waals surface area contributed by atoms with Gasteiger partial charge in [-0.2, -0.15) is 0 Å². The van der Waals surface area contributed by atoms with Crippen LogP contribution in [0.3, 0.4) is 0 Å². The molecule has 1 aromatic rings. The van der Waals surface area contributed by atoms with Gasteiger partial charge in [0.05, 0.1) is 0 Å². The van der Waals surface area contributed by atoms with Gasteiger partial charge < -0.3 is 14.6 Å². The molecule has 4 heteroatoms. The first kappa shape index (κ1) is 15.0. The first-order valence-corrected chi connectivity index (χ1v) is 6.99. The lowest BCUT2D eigenvalue weighted by molar-refractivity contribution is 0.190. The van der Waals surface area contributed by atoms with E-state index in [2.05, 4.69) is 35.6 Å². The van der Waals surface area contributed by atoms with E-state index in [1.54, 1.807) is 7.11 Å². The van der Waals surface area contributed by atoms with E-state index in [1.165, 1.54) is 0 Å². The van der Waals surface area contributed by atoms with Gasteiger partial charge in [0.25, 0.3) is 0 Å². The number of anilines is 1. The van der Waals surface area contributed by atoms with Crippen LogP contribution >= 0.6 is 0 Å². The average molecular weight is 253 g/mol. The number of imidazole rings is 1. The van der Waals surface area contributed by atoms with Crippen molar-refractivity contribution < 1.29 is 4.74 Å². The highest BCUT2D eigenvalue weighted by Gasteiger charge is 2.24. The van der Waals surface area contributed by atoms with E-state index in [4.69, 9.17) is 4.74 Å². The third kappa shape index (κ3) is 3.73. The molecule has 0 aliphatic carbocycles. The van der Waals surface area contributed by atoms with Crippen molar-refractivity contribution in [2.45, 2.75) is 58.5 Å². The minimum absolute atomic E-state index is 0.171. The van der Waals surface area contributed by atoms with E-state index in [-0.39, 0.29) is 5.54 Å². The number of nitrogens with one attached hydrogen (secondary N) is 1. The van der Waals surface area contributed by atoms with Crippen LogP contribution in [0.1, 0.15) is 46.5 Å².